The number of ether oxygens (including phenoxy) is 1. The lowest BCUT2D eigenvalue weighted by Gasteiger charge is -2.34. The van der Waals surface area contributed by atoms with Gasteiger partial charge in [0.15, 0.2) is 12.4 Å². The van der Waals surface area contributed by atoms with Crippen LogP contribution in [-0.4, -0.2) is 73.8 Å². The first-order valence-corrected chi connectivity index (χ1v) is 12.6. The van der Waals surface area contributed by atoms with Gasteiger partial charge in [0.05, 0.1) is 18.6 Å². The summed E-state index contributed by atoms with van der Waals surface area (Å²) in [6, 6.07) is 13.5. The maximum atomic E-state index is 12.8. The van der Waals surface area contributed by atoms with Gasteiger partial charge < -0.3 is 30.1 Å². The van der Waals surface area contributed by atoms with Crippen molar-refractivity contribution < 1.29 is 13.9 Å². The Bertz CT molecular complexity index is 1250. The Labute approximate surface area is 220 Å². The van der Waals surface area contributed by atoms with Crippen molar-refractivity contribution in [1.82, 2.24) is 14.9 Å². The summed E-state index contributed by atoms with van der Waals surface area (Å²) in [4.78, 5) is 27.4. The summed E-state index contributed by atoms with van der Waals surface area (Å²) in [6.45, 7) is 3.85. The molecule has 194 valence electrons. The molecule has 2 aliphatic rings. The van der Waals surface area contributed by atoms with Crippen LogP contribution in [0.15, 0.2) is 48.7 Å². The summed E-state index contributed by atoms with van der Waals surface area (Å²) < 4.78 is 18.3. The minimum Gasteiger partial charge on any atom is -0.482 e. The second-order valence-electron chi connectivity index (χ2n) is 9.04. The Morgan fingerprint density at radius 3 is 2.57 bits per heavy atom. The molecular formula is C26H29ClFN7O2. The fourth-order valence-corrected chi connectivity index (χ4v) is 4.48. The van der Waals surface area contributed by atoms with Gasteiger partial charge in [-0.05, 0) is 55.9 Å². The molecule has 11 heteroatoms. The second kappa shape index (κ2) is 11.2. The normalized spacial score (nSPS) is 15.8. The van der Waals surface area contributed by atoms with Crippen LogP contribution in [0.2, 0.25) is 5.02 Å². The lowest BCUT2D eigenvalue weighted by atomic mass is 10.2. The molecule has 9 nitrogen and oxygen atoms in total. The molecule has 0 spiro atoms. The Balaban J connectivity index is 1.29. The van der Waals surface area contributed by atoms with Gasteiger partial charge in [-0.2, -0.15) is 4.98 Å². The lowest BCUT2D eigenvalue weighted by Crippen LogP contribution is -2.44. The molecule has 1 saturated heterocycles. The molecule has 0 saturated carbocycles. The Morgan fingerprint density at radius 1 is 1.05 bits per heavy atom. The molecule has 0 aliphatic carbocycles. The number of piperazine rings is 1. The standard InChI is InChI=1S/C26H29ClFN7O2/c1-33-11-13-34(14-12-33)20-6-3-18(4-7-20)31-26-29-16-21(27)25(32-26)30-19-5-8-23-22(15-19)35(10-2-9-28)24(36)17-37-23/h3-8,15-16H,2,9-14,17H2,1H3,(H2,29,30,31,32). The zero-order chi connectivity index (χ0) is 25.8. The zero-order valence-electron chi connectivity index (χ0n) is 20.6. The van der Waals surface area contributed by atoms with Gasteiger partial charge >= 0.3 is 0 Å². The van der Waals surface area contributed by atoms with Crippen LogP contribution in [0.25, 0.3) is 0 Å². The van der Waals surface area contributed by atoms with Crippen molar-refractivity contribution in [2.24, 2.45) is 0 Å². The summed E-state index contributed by atoms with van der Waals surface area (Å²) >= 11 is 6.37. The Kier molecular flexibility index (Phi) is 7.57. The molecule has 5 rings (SSSR count). The molecule has 0 bridgehead atoms. The van der Waals surface area contributed by atoms with Crippen molar-refractivity contribution in [3.8, 4) is 5.75 Å². The van der Waals surface area contributed by atoms with E-state index >= 15 is 0 Å². The van der Waals surface area contributed by atoms with Crippen LogP contribution < -0.4 is 25.2 Å². The maximum absolute atomic E-state index is 12.8. The number of aromatic nitrogens is 2. The molecule has 1 amide bonds. The molecule has 1 fully saturated rings. The van der Waals surface area contributed by atoms with E-state index in [1.807, 2.05) is 18.2 Å². The largest absolute Gasteiger partial charge is 0.482 e. The number of amides is 1. The number of carbonyl (C=O) groups is 1. The number of alkyl halides is 1. The van der Waals surface area contributed by atoms with Crippen molar-refractivity contribution in [3.05, 3.63) is 53.7 Å². The summed E-state index contributed by atoms with van der Waals surface area (Å²) in [5.74, 6) is 1.16. The fraction of sp³-hybridized carbons (Fsp3) is 0.346. The van der Waals surface area contributed by atoms with Gasteiger partial charge in [-0.1, -0.05) is 11.6 Å². The molecular weight excluding hydrogens is 497 g/mol. The molecule has 2 aliphatic heterocycles. The van der Waals surface area contributed by atoms with Crippen molar-refractivity contribution in [2.45, 2.75) is 6.42 Å². The van der Waals surface area contributed by atoms with Gasteiger partial charge in [0.25, 0.3) is 5.91 Å². The number of likely N-dealkylation sites (N-methyl/N-ethyl adjacent to an activating group) is 1. The van der Waals surface area contributed by atoms with Crippen LogP contribution in [0.5, 0.6) is 5.75 Å². The predicted molar refractivity (Wildman–Crippen MR) is 145 cm³/mol. The lowest BCUT2D eigenvalue weighted by molar-refractivity contribution is -0.121. The quantitative estimate of drug-likeness (QED) is 0.446. The minimum atomic E-state index is -0.497. The fourth-order valence-electron chi connectivity index (χ4n) is 4.34. The second-order valence-corrected chi connectivity index (χ2v) is 9.44. The van der Waals surface area contributed by atoms with E-state index < -0.39 is 6.67 Å². The highest BCUT2D eigenvalue weighted by atomic mass is 35.5. The third-order valence-corrected chi connectivity index (χ3v) is 6.69. The molecule has 3 heterocycles. The summed E-state index contributed by atoms with van der Waals surface area (Å²) in [5, 5.41) is 6.76. The van der Waals surface area contributed by atoms with E-state index in [1.54, 1.807) is 17.0 Å². The summed E-state index contributed by atoms with van der Waals surface area (Å²) in [7, 11) is 2.14. The van der Waals surface area contributed by atoms with Crippen molar-refractivity contribution in [2.75, 3.05) is 73.5 Å². The first-order valence-electron chi connectivity index (χ1n) is 12.2. The minimum absolute atomic E-state index is 0.0603. The van der Waals surface area contributed by atoms with E-state index in [9.17, 15) is 9.18 Å². The number of hydrogen-bond acceptors (Lipinski definition) is 8. The van der Waals surface area contributed by atoms with E-state index in [2.05, 4.69) is 49.6 Å². The number of benzene rings is 2. The van der Waals surface area contributed by atoms with Crippen LogP contribution >= 0.6 is 11.6 Å². The van der Waals surface area contributed by atoms with Crippen molar-refractivity contribution >= 4 is 52.0 Å². The van der Waals surface area contributed by atoms with Gasteiger partial charge in [-0.3, -0.25) is 9.18 Å². The predicted octanol–water partition coefficient (Wildman–Crippen LogP) is 4.45. The Hall–Kier alpha value is -3.63. The number of nitrogens with one attached hydrogen (secondary N) is 2. The van der Waals surface area contributed by atoms with Crippen LogP contribution in [-0.2, 0) is 4.79 Å². The van der Waals surface area contributed by atoms with Crippen LogP contribution in [0, 0.1) is 0 Å². The van der Waals surface area contributed by atoms with E-state index in [4.69, 9.17) is 16.3 Å². The van der Waals surface area contributed by atoms with Crippen molar-refractivity contribution in [1.29, 1.82) is 0 Å². The molecule has 2 N–H and O–H groups in total. The number of carbonyl (C=O) groups excluding carboxylic acids is 1. The molecule has 3 aromatic rings. The number of hydrogen-bond donors (Lipinski definition) is 2. The molecule has 2 aromatic carbocycles. The van der Waals surface area contributed by atoms with Crippen LogP contribution in [0.1, 0.15) is 6.42 Å². The Morgan fingerprint density at radius 2 is 1.81 bits per heavy atom. The maximum Gasteiger partial charge on any atom is 0.265 e. The third kappa shape index (κ3) is 5.86. The van der Waals surface area contributed by atoms with Gasteiger partial charge in [-0.15, -0.1) is 0 Å². The van der Waals surface area contributed by atoms with Gasteiger partial charge in [0.1, 0.15) is 10.8 Å². The van der Waals surface area contributed by atoms with E-state index in [0.29, 0.717) is 33.9 Å². The molecule has 0 unspecified atom stereocenters. The summed E-state index contributed by atoms with van der Waals surface area (Å²) in [6.07, 6.45) is 1.78. The molecule has 0 radical (unpaired) electrons. The highest BCUT2D eigenvalue weighted by molar-refractivity contribution is 6.32. The SMILES string of the molecule is CN1CCN(c2ccc(Nc3ncc(Cl)c(Nc4ccc5c(c4)N(CCCF)C(=O)CO5)n3)cc2)CC1. The highest BCUT2D eigenvalue weighted by Crippen LogP contribution is 2.36. The number of halogens is 2. The summed E-state index contributed by atoms with van der Waals surface area (Å²) in [5.41, 5.74) is 3.29. The van der Waals surface area contributed by atoms with Gasteiger partial charge in [0.2, 0.25) is 5.95 Å². The van der Waals surface area contributed by atoms with E-state index in [-0.39, 0.29) is 25.5 Å². The topological polar surface area (TPSA) is 85.9 Å². The number of nitrogens with zero attached hydrogens (tertiary/aromatic N) is 5. The molecule has 37 heavy (non-hydrogen) atoms. The number of fused-ring (bicyclic) bond motifs is 1. The first kappa shape index (κ1) is 25.0. The monoisotopic (exact) mass is 525 g/mol. The van der Waals surface area contributed by atoms with Crippen molar-refractivity contribution in [3.63, 3.8) is 0 Å². The third-order valence-electron chi connectivity index (χ3n) is 6.42. The van der Waals surface area contributed by atoms with Crippen LogP contribution in [0.3, 0.4) is 0 Å². The molecule has 1 aromatic heterocycles. The van der Waals surface area contributed by atoms with Gasteiger partial charge in [0, 0.05) is 49.8 Å². The first-order chi connectivity index (χ1) is 18.0. The average molecular weight is 526 g/mol. The number of anilines is 6. The zero-order valence-corrected chi connectivity index (χ0v) is 21.3. The highest BCUT2D eigenvalue weighted by Gasteiger charge is 2.25. The van der Waals surface area contributed by atoms with E-state index in [1.165, 1.54) is 11.9 Å². The van der Waals surface area contributed by atoms with Gasteiger partial charge in [-0.25, -0.2) is 4.98 Å². The number of rotatable bonds is 8. The van der Waals surface area contributed by atoms with Crippen LogP contribution in [0.4, 0.5) is 38.9 Å². The molecule has 0 atom stereocenters. The smallest absolute Gasteiger partial charge is 0.265 e. The van der Waals surface area contributed by atoms with E-state index in [0.717, 1.165) is 31.9 Å². The average Bonchev–Trinajstić information content (AvgIpc) is 2.91.